The Balaban J connectivity index is 1.64. The molecule has 3 heterocycles. The zero-order chi connectivity index (χ0) is 16.7. The summed E-state index contributed by atoms with van der Waals surface area (Å²) in [6, 6.07) is 5.36. The largest absolute Gasteiger partial charge is 0.618 e. The van der Waals surface area contributed by atoms with Gasteiger partial charge in [-0.3, -0.25) is 0 Å². The molecule has 0 aromatic carbocycles. The summed E-state index contributed by atoms with van der Waals surface area (Å²) in [6.45, 7) is 2.29. The number of aryl methyl sites for hydroxylation is 1. The summed E-state index contributed by atoms with van der Waals surface area (Å²) < 4.78 is 0.859. The van der Waals surface area contributed by atoms with E-state index in [0.29, 0.717) is 22.4 Å². The summed E-state index contributed by atoms with van der Waals surface area (Å²) in [4.78, 5) is 11.6. The number of nitrogen functional groups attached to an aromatic ring is 1. The molecule has 1 unspecified atom stereocenters. The van der Waals surface area contributed by atoms with Gasteiger partial charge in [-0.25, -0.2) is 9.97 Å². The van der Waals surface area contributed by atoms with E-state index in [1.54, 1.807) is 23.5 Å². The second-order valence-corrected chi connectivity index (χ2v) is 8.29. The highest BCUT2D eigenvalue weighted by Crippen LogP contribution is 2.39. The zero-order valence-corrected chi connectivity index (χ0v) is 15.0. The van der Waals surface area contributed by atoms with Crippen molar-refractivity contribution < 1.29 is 4.73 Å². The Kier molecular flexibility index (Phi) is 4.05. The summed E-state index contributed by atoms with van der Waals surface area (Å²) in [6.07, 6.45) is 4.88. The van der Waals surface area contributed by atoms with Gasteiger partial charge in [0.05, 0.1) is 11.1 Å². The van der Waals surface area contributed by atoms with Gasteiger partial charge in [0.15, 0.2) is 6.20 Å². The van der Waals surface area contributed by atoms with Crippen molar-refractivity contribution in [3.8, 4) is 0 Å². The fraction of sp³-hybridized carbons (Fsp3) is 0.353. The number of anilines is 1. The average Bonchev–Trinajstić information content (AvgIpc) is 2.91. The lowest BCUT2D eigenvalue weighted by Crippen LogP contribution is -2.27. The molecule has 0 spiro atoms. The molecule has 0 aliphatic heterocycles. The van der Waals surface area contributed by atoms with Crippen LogP contribution in [0.1, 0.15) is 29.6 Å². The van der Waals surface area contributed by atoms with Crippen molar-refractivity contribution in [1.82, 2.24) is 9.97 Å². The number of pyridine rings is 1. The van der Waals surface area contributed by atoms with Gasteiger partial charge in [-0.1, -0.05) is 6.92 Å². The van der Waals surface area contributed by atoms with Gasteiger partial charge < -0.3 is 10.9 Å². The van der Waals surface area contributed by atoms with Gasteiger partial charge in [0.25, 0.3) is 5.03 Å². The molecule has 3 aromatic rings. The van der Waals surface area contributed by atoms with Crippen LogP contribution in [0.15, 0.2) is 29.4 Å². The summed E-state index contributed by atoms with van der Waals surface area (Å²) in [5.41, 5.74) is 7.59. The standard InChI is InChI=1S/C17H18N4OS2/c1-10-5-6-11-12(8-10)24-17-15(11)16(18)19-13(20-17)9-23-14-4-2-3-7-21(14)22/h2-4,7,10H,5-6,8-9H2,1H3,(H2,18,19,20). The van der Waals surface area contributed by atoms with Crippen molar-refractivity contribution in [2.24, 2.45) is 5.92 Å². The highest BCUT2D eigenvalue weighted by atomic mass is 32.2. The van der Waals surface area contributed by atoms with Crippen molar-refractivity contribution in [1.29, 1.82) is 0 Å². The second kappa shape index (κ2) is 6.22. The molecule has 4 rings (SSSR count). The van der Waals surface area contributed by atoms with Crippen LogP contribution >= 0.6 is 23.1 Å². The Morgan fingerprint density at radius 1 is 1.42 bits per heavy atom. The number of nitrogens with two attached hydrogens (primary N) is 1. The van der Waals surface area contributed by atoms with Crippen molar-refractivity contribution in [2.75, 3.05) is 5.73 Å². The first-order valence-electron chi connectivity index (χ1n) is 7.99. The van der Waals surface area contributed by atoms with Crippen molar-refractivity contribution in [3.63, 3.8) is 0 Å². The molecule has 0 bridgehead atoms. The number of hydrogen-bond acceptors (Lipinski definition) is 6. The smallest absolute Gasteiger partial charge is 0.251 e. The molecule has 5 nitrogen and oxygen atoms in total. The number of nitrogens with zero attached hydrogens (tertiary/aromatic N) is 3. The van der Waals surface area contributed by atoms with E-state index < -0.39 is 0 Å². The summed E-state index contributed by atoms with van der Waals surface area (Å²) in [5.74, 6) is 2.51. The molecule has 1 aliphatic rings. The number of aromatic nitrogens is 3. The molecule has 1 aliphatic carbocycles. The molecule has 0 radical (unpaired) electrons. The molecule has 0 fully saturated rings. The monoisotopic (exact) mass is 358 g/mol. The SMILES string of the molecule is CC1CCc2c(sc3nc(CSc4cccc[n+]4[O-])nc(N)c23)C1. The van der Waals surface area contributed by atoms with E-state index in [4.69, 9.17) is 10.7 Å². The number of hydrogen-bond donors (Lipinski definition) is 1. The third kappa shape index (κ3) is 2.82. The van der Waals surface area contributed by atoms with Crippen LogP contribution in [0.4, 0.5) is 5.82 Å². The van der Waals surface area contributed by atoms with E-state index in [1.807, 2.05) is 6.07 Å². The van der Waals surface area contributed by atoms with Crippen molar-refractivity contribution in [2.45, 2.75) is 37.0 Å². The highest BCUT2D eigenvalue weighted by molar-refractivity contribution is 7.98. The van der Waals surface area contributed by atoms with Gasteiger partial charge in [0, 0.05) is 17.0 Å². The molecular weight excluding hydrogens is 340 g/mol. The topological polar surface area (TPSA) is 78.7 Å². The molecule has 24 heavy (non-hydrogen) atoms. The van der Waals surface area contributed by atoms with Gasteiger partial charge in [0.2, 0.25) is 0 Å². The highest BCUT2D eigenvalue weighted by Gasteiger charge is 2.23. The van der Waals surface area contributed by atoms with Gasteiger partial charge in [0.1, 0.15) is 16.5 Å². The fourth-order valence-electron chi connectivity index (χ4n) is 3.14. The Morgan fingerprint density at radius 3 is 3.12 bits per heavy atom. The minimum Gasteiger partial charge on any atom is -0.618 e. The first-order valence-corrected chi connectivity index (χ1v) is 9.79. The van der Waals surface area contributed by atoms with Crippen LogP contribution in [0.5, 0.6) is 0 Å². The Bertz CT molecular complexity index is 909. The van der Waals surface area contributed by atoms with Gasteiger partial charge >= 0.3 is 0 Å². The molecule has 124 valence electrons. The van der Waals surface area contributed by atoms with E-state index in [2.05, 4.69) is 11.9 Å². The van der Waals surface area contributed by atoms with Crippen LogP contribution in [0.3, 0.4) is 0 Å². The molecule has 2 N–H and O–H groups in total. The maximum atomic E-state index is 11.7. The molecule has 0 saturated carbocycles. The fourth-order valence-corrected chi connectivity index (χ4v) is 5.32. The normalized spacial score (nSPS) is 17.1. The van der Waals surface area contributed by atoms with Crippen LogP contribution in [0, 0.1) is 11.1 Å². The van der Waals surface area contributed by atoms with Gasteiger partial charge in [-0.05, 0) is 48.6 Å². The van der Waals surface area contributed by atoms with Crippen LogP contribution in [-0.2, 0) is 18.6 Å². The zero-order valence-electron chi connectivity index (χ0n) is 13.4. The molecular formula is C17H18N4OS2. The Labute approximate surface area is 148 Å². The number of fused-ring (bicyclic) bond motifs is 3. The lowest BCUT2D eigenvalue weighted by atomic mass is 9.89. The summed E-state index contributed by atoms with van der Waals surface area (Å²) >= 11 is 3.18. The van der Waals surface area contributed by atoms with Crippen LogP contribution in [0.25, 0.3) is 10.2 Å². The lowest BCUT2D eigenvalue weighted by Gasteiger charge is -2.17. The molecule has 0 saturated heterocycles. The minimum absolute atomic E-state index is 0.533. The van der Waals surface area contributed by atoms with E-state index in [1.165, 1.54) is 34.8 Å². The first kappa shape index (κ1) is 15.7. The number of rotatable bonds is 3. The number of thioether (sulfide) groups is 1. The Hall–Kier alpha value is -1.86. The van der Waals surface area contributed by atoms with E-state index >= 15 is 0 Å². The van der Waals surface area contributed by atoms with E-state index in [9.17, 15) is 5.21 Å². The predicted molar refractivity (Wildman–Crippen MR) is 98.0 cm³/mol. The third-order valence-electron chi connectivity index (χ3n) is 4.37. The quantitative estimate of drug-likeness (QED) is 0.441. The summed E-state index contributed by atoms with van der Waals surface area (Å²) in [7, 11) is 0. The maximum absolute atomic E-state index is 11.7. The maximum Gasteiger partial charge on any atom is 0.251 e. The van der Waals surface area contributed by atoms with Crippen LogP contribution < -0.4 is 10.5 Å². The number of thiophene rings is 1. The third-order valence-corrected chi connectivity index (χ3v) is 6.53. The second-order valence-electron chi connectivity index (χ2n) is 6.21. The van der Waals surface area contributed by atoms with Crippen molar-refractivity contribution >= 4 is 39.1 Å². The molecule has 1 atom stereocenters. The molecule has 0 amide bonds. The average molecular weight is 358 g/mol. The lowest BCUT2D eigenvalue weighted by molar-refractivity contribution is -0.645. The van der Waals surface area contributed by atoms with E-state index in [0.717, 1.165) is 33.7 Å². The van der Waals surface area contributed by atoms with Gasteiger partial charge in [-0.15, -0.1) is 11.3 Å². The van der Waals surface area contributed by atoms with Gasteiger partial charge in [-0.2, -0.15) is 4.73 Å². The molecule has 3 aromatic heterocycles. The van der Waals surface area contributed by atoms with E-state index in [-0.39, 0.29) is 0 Å². The minimum atomic E-state index is 0.533. The predicted octanol–water partition coefficient (Wildman–Crippen LogP) is 3.32. The van der Waals surface area contributed by atoms with Crippen molar-refractivity contribution in [3.05, 3.63) is 45.9 Å². The van der Waals surface area contributed by atoms with Crippen LogP contribution in [-0.4, -0.2) is 9.97 Å². The first-order chi connectivity index (χ1) is 11.6. The van der Waals surface area contributed by atoms with Crippen LogP contribution in [0.2, 0.25) is 0 Å². The molecule has 7 heteroatoms. The Morgan fingerprint density at radius 2 is 2.29 bits per heavy atom. The summed E-state index contributed by atoms with van der Waals surface area (Å²) in [5, 5.41) is 13.4.